The molecular formula is C18H20N2O3. The molecule has 0 heterocycles. The van der Waals surface area contributed by atoms with Crippen molar-refractivity contribution in [3.05, 3.63) is 65.2 Å². The fourth-order valence-electron chi connectivity index (χ4n) is 2.16. The summed E-state index contributed by atoms with van der Waals surface area (Å²) < 4.78 is 0. The van der Waals surface area contributed by atoms with Crippen LogP contribution in [0.1, 0.15) is 27.5 Å². The van der Waals surface area contributed by atoms with Gasteiger partial charge in [-0.05, 0) is 30.2 Å². The van der Waals surface area contributed by atoms with Gasteiger partial charge in [-0.2, -0.15) is 0 Å². The molecule has 0 aliphatic heterocycles. The minimum Gasteiger partial charge on any atom is -0.508 e. The number of likely N-dealkylation sites (N-methyl/N-ethyl adjacent to an activating group) is 1. The van der Waals surface area contributed by atoms with E-state index in [2.05, 4.69) is 5.32 Å². The second-order valence-corrected chi connectivity index (χ2v) is 5.55. The SMILES string of the molecule is Cc1ccc(C(=O)NC(C(=O)N(C)C)c2ccccc2)cc1O. The monoisotopic (exact) mass is 312 g/mol. The smallest absolute Gasteiger partial charge is 0.252 e. The van der Waals surface area contributed by atoms with Crippen molar-refractivity contribution in [2.45, 2.75) is 13.0 Å². The van der Waals surface area contributed by atoms with E-state index in [1.54, 1.807) is 45.3 Å². The summed E-state index contributed by atoms with van der Waals surface area (Å²) in [6.07, 6.45) is 0. The van der Waals surface area contributed by atoms with E-state index in [4.69, 9.17) is 0 Å². The maximum absolute atomic E-state index is 12.4. The van der Waals surface area contributed by atoms with E-state index in [1.165, 1.54) is 11.0 Å². The van der Waals surface area contributed by atoms with Gasteiger partial charge in [0.05, 0.1) is 0 Å². The largest absolute Gasteiger partial charge is 0.508 e. The maximum atomic E-state index is 12.4. The standard InChI is InChI=1S/C18H20N2O3/c1-12-9-10-14(11-15(12)21)17(22)19-16(18(23)20(2)3)13-7-5-4-6-8-13/h4-11,16,21H,1-3H3,(H,19,22). The highest BCUT2D eigenvalue weighted by atomic mass is 16.3. The number of nitrogens with one attached hydrogen (secondary N) is 1. The number of amides is 2. The number of aromatic hydroxyl groups is 1. The van der Waals surface area contributed by atoms with E-state index in [-0.39, 0.29) is 11.7 Å². The summed E-state index contributed by atoms with van der Waals surface area (Å²) in [7, 11) is 3.28. The van der Waals surface area contributed by atoms with Gasteiger partial charge in [-0.15, -0.1) is 0 Å². The summed E-state index contributed by atoms with van der Waals surface area (Å²) in [6, 6.07) is 13.0. The highest BCUT2D eigenvalue weighted by Crippen LogP contribution is 2.19. The Balaban J connectivity index is 2.28. The molecule has 0 saturated heterocycles. The van der Waals surface area contributed by atoms with Gasteiger partial charge in [-0.25, -0.2) is 0 Å². The highest BCUT2D eigenvalue weighted by molar-refractivity contribution is 5.98. The van der Waals surface area contributed by atoms with Gasteiger partial charge in [0.25, 0.3) is 5.91 Å². The van der Waals surface area contributed by atoms with Gasteiger partial charge in [0.15, 0.2) is 0 Å². The third-order valence-electron chi connectivity index (χ3n) is 3.57. The summed E-state index contributed by atoms with van der Waals surface area (Å²) >= 11 is 0. The lowest BCUT2D eigenvalue weighted by molar-refractivity contribution is -0.130. The lowest BCUT2D eigenvalue weighted by Gasteiger charge is -2.22. The zero-order valence-corrected chi connectivity index (χ0v) is 13.4. The average molecular weight is 312 g/mol. The first kappa shape index (κ1) is 16.5. The molecule has 120 valence electrons. The molecule has 0 fully saturated rings. The predicted octanol–water partition coefficient (Wildman–Crippen LogP) is 2.26. The van der Waals surface area contributed by atoms with Crippen LogP contribution in [0.15, 0.2) is 48.5 Å². The van der Waals surface area contributed by atoms with E-state index >= 15 is 0 Å². The van der Waals surface area contributed by atoms with Crippen molar-refractivity contribution >= 4 is 11.8 Å². The quantitative estimate of drug-likeness (QED) is 0.910. The normalized spacial score (nSPS) is 11.6. The summed E-state index contributed by atoms with van der Waals surface area (Å²) in [4.78, 5) is 26.3. The minimum atomic E-state index is -0.776. The fraction of sp³-hybridized carbons (Fsp3) is 0.222. The topological polar surface area (TPSA) is 69.6 Å². The summed E-state index contributed by atoms with van der Waals surface area (Å²) in [5.74, 6) is -0.585. The van der Waals surface area contributed by atoms with Crippen LogP contribution in [0, 0.1) is 6.92 Å². The Morgan fingerprint density at radius 2 is 1.74 bits per heavy atom. The number of rotatable bonds is 4. The maximum Gasteiger partial charge on any atom is 0.252 e. The highest BCUT2D eigenvalue weighted by Gasteiger charge is 2.24. The Morgan fingerprint density at radius 1 is 1.09 bits per heavy atom. The van der Waals surface area contributed by atoms with Crippen LogP contribution in [0.4, 0.5) is 0 Å². The van der Waals surface area contributed by atoms with Crippen LogP contribution in [0.25, 0.3) is 0 Å². The lowest BCUT2D eigenvalue weighted by atomic mass is 10.0. The van der Waals surface area contributed by atoms with Crippen molar-refractivity contribution in [3.63, 3.8) is 0 Å². The van der Waals surface area contributed by atoms with Crippen molar-refractivity contribution < 1.29 is 14.7 Å². The molecule has 1 atom stereocenters. The molecule has 0 spiro atoms. The van der Waals surface area contributed by atoms with Crippen LogP contribution >= 0.6 is 0 Å². The van der Waals surface area contributed by atoms with Crippen molar-refractivity contribution in [1.29, 1.82) is 0 Å². The van der Waals surface area contributed by atoms with Gasteiger partial charge in [-0.1, -0.05) is 36.4 Å². The number of phenolic OH excluding ortho intramolecular Hbond substituents is 1. The molecule has 2 rings (SSSR count). The second-order valence-electron chi connectivity index (χ2n) is 5.55. The molecule has 0 aliphatic rings. The third kappa shape index (κ3) is 3.88. The minimum absolute atomic E-state index is 0.0489. The van der Waals surface area contributed by atoms with Gasteiger partial charge in [-0.3, -0.25) is 9.59 Å². The molecule has 2 N–H and O–H groups in total. The van der Waals surface area contributed by atoms with E-state index in [0.717, 1.165) is 0 Å². The van der Waals surface area contributed by atoms with E-state index < -0.39 is 11.9 Å². The van der Waals surface area contributed by atoms with Crippen molar-refractivity contribution in [2.75, 3.05) is 14.1 Å². The Hall–Kier alpha value is -2.82. The second kappa shape index (κ2) is 6.96. The first-order chi connectivity index (χ1) is 10.9. The van der Waals surface area contributed by atoms with Crippen LogP contribution < -0.4 is 5.32 Å². The van der Waals surface area contributed by atoms with Crippen molar-refractivity contribution in [1.82, 2.24) is 10.2 Å². The molecule has 5 heteroatoms. The van der Waals surface area contributed by atoms with Crippen LogP contribution in [0.5, 0.6) is 5.75 Å². The number of carbonyl (C=O) groups is 2. The first-order valence-corrected chi connectivity index (χ1v) is 7.26. The number of carbonyl (C=O) groups excluding carboxylic acids is 2. The van der Waals surface area contributed by atoms with Gasteiger partial charge < -0.3 is 15.3 Å². The van der Waals surface area contributed by atoms with Crippen molar-refractivity contribution in [2.24, 2.45) is 0 Å². The number of phenols is 1. The van der Waals surface area contributed by atoms with Gasteiger partial charge in [0, 0.05) is 19.7 Å². The Labute approximate surface area is 135 Å². The van der Waals surface area contributed by atoms with Crippen molar-refractivity contribution in [3.8, 4) is 5.75 Å². The average Bonchev–Trinajstić information content (AvgIpc) is 2.55. The molecule has 0 saturated carbocycles. The molecular weight excluding hydrogens is 292 g/mol. The van der Waals surface area contributed by atoms with Crippen LogP contribution in [0.2, 0.25) is 0 Å². The van der Waals surface area contributed by atoms with Crippen LogP contribution in [-0.4, -0.2) is 35.9 Å². The van der Waals surface area contributed by atoms with Gasteiger partial charge >= 0.3 is 0 Å². The molecule has 0 radical (unpaired) electrons. The molecule has 23 heavy (non-hydrogen) atoms. The number of hydrogen-bond donors (Lipinski definition) is 2. The Bertz CT molecular complexity index is 711. The third-order valence-corrected chi connectivity index (χ3v) is 3.57. The predicted molar refractivity (Wildman–Crippen MR) is 88.2 cm³/mol. The van der Waals surface area contributed by atoms with E-state index in [0.29, 0.717) is 16.7 Å². The summed E-state index contributed by atoms with van der Waals surface area (Å²) in [5, 5.41) is 12.5. The summed E-state index contributed by atoms with van der Waals surface area (Å²) in [6.45, 7) is 1.75. The molecule has 5 nitrogen and oxygen atoms in total. The van der Waals surface area contributed by atoms with Crippen LogP contribution in [0.3, 0.4) is 0 Å². The van der Waals surface area contributed by atoms with E-state index in [9.17, 15) is 14.7 Å². The molecule has 2 aromatic rings. The number of aryl methyl sites for hydroxylation is 1. The molecule has 0 bridgehead atoms. The van der Waals surface area contributed by atoms with Crippen LogP contribution in [-0.2, 0) is 4.79 Å². The Morgan fingerprint density at radius 3 is 2.30 bits per heavy atom. The zero-order chi connectivity index (χ0) is 17.0. The number of nitrogens with zero attached hydrogens (tertiary/aromatic N) is 1. The molecule has 0 aromatic heterocycles. The molecule has 1 unspecified atom stereocenters. The molecule has 2 aromatic carbocycles. The lowest BCUT2D eigenvalue weighted by Crippen LogP contribution is -2.39. The zero-order valence-electron chi connectivity index (χ0n) is 13.4. The number of hydrogen-bond acceptors (Lipinski definition) is 3. The molecule has 2 amide bonds. The number of benzene rings is 2. The first-order valence-electron chi connectivity index (χ1n) is 7.26. The summed E-state index contributed by atoms with van der Waals surface area (Å²) in [5.41, 5.74) is 1.70. The van der Waals surface area contributed by atoms with E-state index in [1.807, 2.05) is 18.2 Å². The van der Waals surface area contributed by atoms with Gasteiger partial charge in [0.1, 0.15) is 11.8 Å². The van der Waals surface area contributed by atoms with Gasteiger partial charge in [0.2, 0.25) is 5.91 Å². The molecule has 0 aliphatic carbocycles. The fourth-order valence-corrected chi connectivity index (χ4v) is 2.16. The Kier molecular flexibility index (Phi) is 5.01.